The Labute approximate surface area is 127 Å². The van der Waals surface area contributed by atoms with Gasteiger partial charge in [-0.1, -0.05) is 37.3 Å². The zero-order valence-electron chi connectivity index (χ0n) is 13.2. The van der Waals surface area contributed by atoms with Crippen molar-refractivity contribution in [1.82, 2.24) is 9.80 Å². The first-order valence-corrected chi connectivity index (χ1v) is 7.66. The van der Waals surface area contributed by atoms with Crippen LogP contribution in [0.15, 0.2) is 30.3 Å². The van der Waals surface area contributed by atoms with Crippen LogP contribution in [-0.4, -0.2) is 54.0 Å². The van der Waals surface area contributed by atoms with Crippen LogP contribution in [0.25, 0.3) is 0 Å². The summed E-state index contributed by atoms with van der Waals surface area (Å²) in [5.74, 6) is 0.485. The van der Waals surface area contributed by atoms with E-state index in [0.29, 0.717) is 5.92 Å². The van der Waals surface area contributed by atoms with E-state index in [0.717, 1.165) is 25.1 Å². The van der Waals surface area contributed by atoms with Crippen LogP contribution in [0, 0.1) is 5.92 Å². The lowest BCUT2D eigenvalue weighted by atomic mass is 9.92. The van der Waals surface area contributed by atoms with Gasteiger partial charge in [0, 0.05) is 19.6 Å². The summed E-state index contributed by atoms with van der Waals surface area (Å²) in [4.78, 5) is 16.5. The molecule has 0 aliphatic carbocycles. The monoisotopic (exact) mass is 290 g/mol. The quantitative estimate of drug-likeness (QED) is 0.921. The topological polar surface area (TPSA) is 43.8 Å². The predicted octanol–water partition coefficient (Wildman–Crippen LogP) is 1.91. The van der Waals surface area contributed by atoms with Crippen molar-refractivity contribution in [2.75, 3.05) is 27.2 Å². The number of carbonyl (C=O) groups is 1. The highest BCUT2D eigenvalue weighted by molar-refractivity contribution is 5.77. The maximum absolute atomic E-state index is 12.4. The van der Waals surface area contributed by atoms with E-state index in [2.05, 4.69) is 18.9 Å². The Morgan fingerprint density at radius 2 is 2.10 bits per heavy atom. The van der Waals surface area contributed by atoms with E-state index in [1.807, 2.05) is 42.3 Å². The Balaban J connectivity index is 1.93. The van der Waals surface area contributed by atoms with Gasteiger partial charge in [-0.05, 0) is 31.5 Å². The molecule has 1 saturated heterocycles. The molecule has 1 aliphatic heterocycles. The number of hydrogen-bond acceptors (Lipinski definition) is 3. The number of nitrogens with zero attached hydrogens (tertiary/aromatic N) is 2. The summed E-state index contributed by atoms with van der Waals surface area (Å²) in [6.45, 7) is 4.23. The maximum Gasteiger partial charge on any atom is 0.225 e. The number of piperidine rings is 1. The van der Waals surface area contributed by atoms with Crippen molar-refractivity contribution in [2.45, 2.75) is 31.9 Å². The molecule has 1 N–H and O–H groups in total. The second-order valence-electron chi connectivity index (χ2n) is 6.23. The Morgan fingerprint density at radius 1 is 1.43 bits per heavy atom. The third-order valence-corrected chi connectivity index (χ3v) is 4.51. The minimum Gasteiger partial charge on any atom is -0.388 e. The fraction of sp³-hybridized carbons (Fsp3) is 0.588. The molecule has 0 saturated carbocycles. The summed E-state index contributed by atoms with van der Waals surface area (Å²) < 4.78 is 0. The fourth-order valence-corrected chi connectivity index (χ4v) is 3.20. The van der Waals surface area contributed by atoms with E-state index in [1.54, 1.807) is 0 Å². The van der Waals surface area contributed by atoms with Gasteiger partial charge < -0.3 is 14.9 Å². The minimum absolute atomic E-state index is 0.0211. The van der Waals surface area contributed by atoms with Crippen molar-refractivity contribution in [3.05, 3.63) is 35.9 Å². The van der Waals surface area contributed by atoms with Crippen molar-refractivity contribution in [1.29, 1.82) is 0 Å². The molecule has 1 amide bonds. The minimum atomic E-state index is -0.720. The SMILES string of the molecule is CC1CN(C)CCC1N(C)C(=O)CC(O)c1ccccc1. The van der Waals surface area contributed by atoms with Gasteiger partial charge in [0.1, 0.15) is 0 Å². The summed E-state index contributed by atoms with van der Waals surface area (Å²) in [6.07, 6.45) is 0.434. The molecule has 0 bridgehead atoms. The van der Waals surface area contributed by atoms with E-state index < -0.39 is 6.10 Å². The van der Waals surface area contributed by atoms with Crippen LogP contribution in [0.3, 0.4) is 0 Å². The van der Waals surface area contributed by atoms with Gasteiger partial charge in [-0.3, -0.25) is 4.79 Å². The van der Waals surface area contributed by atoms with Crippen LogP contribution in [0.1, 0.15) is 31.4 Å². The molecule has 116 valence electrons. The molecule has 1 fully saturated rings. The van der Waals surface area contributed by atoms with Crippen LogP contribution < -0.4 is 0 Å². The van der Waals surface area contributed by atoms with E-state index in [-0.39, 0.29) is 18.4 Å². The molecule has 3 unspecified atom stereocenters. The number of likely N-dealkylation sites (tertiary alicyclic amines) is 1. The number of aliphatic hydroxyl groups excluding tert-OH is 1. The summed E-state index contributed by atoms with van der Waals surface area (Å²) in [6, 6.07) is 9.66. The number of amides is 1. The third kappa shape index (κ3) is 4.05. The molecule has 21 heavy (non-hydrogen) atoms. The van der Waals surface area contributed by atoms with Gasteiger partial charge in [-0.15, -0.1) is 0 Å². The number of benzene rings is 1. The lowest BCUT2D eigenvalue weighted by Crippen LogP contribution is -2.49. The van der Waals surface area contributed by atoms with Gasteiger partial charge in [0.15, 0.2) is 0 Å². The highest BCUT2D eigenvalue weighted by Crippen LogP contribution is 2.23. The van der Waals surface area contributed by atoms with Crippen LogP contribution in [0.4, 0.5) is 0 Å². The lowest BCUT2D eigenvalue weighted by molar-refractivity contribution is -0.136. The van der Waals surface area contributed by atoms with Crippen molar-refractivity contribution in [3.63, 3.8) is 0 Å². The van der Waals surface area contributed by atoms with E-state index >= 15 is 0 Å². The molecular formula is C17H26N2O2. The second kappa shape index (κ2) is 7.05. The number of aliphatic hydroxyl groups is 1. The van der Waals surface area contributed by atoms with Crippen molar-refractivity contribution >= 4 is 5.91 Å². The standard InChI is InChI=1S/C17H26N2O2/c1-13-12-18(2)10-9-15(13)19(3)17(21)11-16(20)14-7-5-4-6-8-14/h4-8,13,15-16,20H,9-12H2,1-3H3. The van der Waals surface area contributed by atoms with Gasteiger partial charge in [0.05, 0.1) is 12.5 Å². The third-order valence-electron chi connectivity index (χ3n) is 4.51. The predicted molar refractivity (Wildman–Crippen MR) is 83.9 cm³/mol. The van der Waals surface area contributed by atoms with Crippen molar-refractivity contribution < 1.29 is 9.90 Å². The second-order valence-corrected chi connectivity index (χ2v) is 6.23. The normalized spacial score (nSPS) is 24.6. The maximum atomic E-state index is 12.4. The summed E-state index contributed by atoms with van der Waals surface area (Å²) in [5.41, 5.74) is 0.802. The first-order valence-electron chi connectivity index (χ1n) is 7.66. The molecule has 4 heteroatoms. The molecule has 0 radical (unpaired) electrons. The largest absolute Gasteiger partial charge is 0.388 e. The van der Waals surface area contributed by atoms with Crippen molar-refractivity contribution in [3.8, 4) is 0 Å². The highest BCUT2D eigenvalue weighted by Gasteiger charge is 2.30. The Bertz CT molecular complexity index is 463. The summed E-state index contributed by atoms with van der Waals surface area (Å²) in [5, 5.41) is 10.2. The summed E-state index contributed by atoms with van der Waals surface area (Å²) >= 11 is 0. The van der Waals surface area contributed by atoms with Gasteiger partial charge in [0.2, 0.25) is 5.91 Å². The Kier molecular flexibility index (Phi) is 5.37. The fourth-order valence-electron chi connectivity index (χ4n) is 3.20. The first kappa shape index (κ1) is 16.0. The molecular weight excluding hydrogens is 264 g/mol. The number of carbonyl (C=O) groups excluding carboxylic acids is 1. The molecule has 3 atom stereocenters. The summed E-state index contributed by atoms with van der Waals surface area (Å²) in [7, 11) is 3.99. The highest BCUT2D eigenvalue weighted by atomic mass is 16.3. The first-order chi connectivity index (χ1) is 9.99. The molecule has 4 nitrogen and oxygen atoms in total. The van der Waals surface area contributed by atoms with Crippen LogP contribution >= 0.6 is 0 Å². The average molecular weight is 290 g/mol. The molecule has 1 aromatic rings. The van der Waals surface area contributed by atoms with Crippen LogP contribution in [0.2, 0.25) is 0 Å². The zero-order chi connectivity index (χ0) is 15.4. The van der Waals surface area contributed by atoms with Gasteiger partial charge in [-0.25, -0.2) is 0 Å². The van der Waals surface area contributed by atoms with E-state index in [9.17, 15) is 9.90 Å². The lowest BCUT2D eigenvalue weighted by Gasteiger charge is -2.40. The molecule has 0 aromatic heterocycles. The molecule has 1 aromatic carbocycles. The van der Waals surface area contributed by atoms with Crippen LogP contribution in [0.5, 0.6) is 0 Å². The molecule has 2 rings (SSSR count). The Hall–Kier alpha value is -1.39. The van der Waals surface area contributed by atoms with Gasteiger partial charge >= 0.3 is 0 Å². The van der Waals surface area contributed by atoms with Gasteiger partial charge in [-0.2, -0.15) is 0 Å². The average Bonchev–Trinajstić information content (AvgIpc) is 2.47. The molecule has 0 spiro atoms. The van der Waals surface area contributed by atoms with Crippen molar-refractivity contribution in [2.24, 2.45) is 5.92 Å². The number of rotatable bonds is 4. The zero-order valence-corrected chi connectivity index (χ0v) is 13.2. The van der Waals surface area contributed by atoms with Gasteiger partial charge in [0.25, 0.3) is 0 Å². The molecule has 1 heterocycles. The van der Waals surface area contributed by atoms with E-state index in [1.165, 1.54) is 0 Å². The van der Waals surface area contributed by atoms with Crippen LogP contribution in [-0.2, 0) is 4.79 Å². The Morgan fingerprint density at radius 3 is 2.71 bits per heavy atom. The molecule has 1 aliphatic rings. The van der Waals surface area contributed by atoms with E-state index in [4.69, 9.17) is 0 Å². The number of hydrogen-bond donors (Lipinski definition) is 1. The smallest absolute Gasteiger partial charge is 0.225 e.